The van der Waals surface area contributed by atoms with Gasteiger partial charge in [0.15, 0.2) is 5.82 Å². The Hall–Kier alpha value is -3.88. The number of para-hydroxylation sites is 1. The van der Waals surface area contributed by atoms with Crippen LogP contribution in [0.2, 0.25) is 0 Å². The van der Waals surface area contributed by atoms with Gasteiger partial charge < -0.3 is 5.32 Å². The van der Waals surface area contributed by atoms with Gasteiger partial charge in [0.25, 0.3) is 5.91 Å². The van der Waals surface area contributed by atoms with Gasteiger partial charge in [0, 0.05) is 31.4 Å². The van der Waals surface area contributed by atoms with Crippen LogP contribution in [-0.4, -0.2) is 49.4 Å². The molecule has 3 amide bonds. The highest BCUT2D eigenvalue weighted by Crippen LogP contribution is 2.16. The Morgan fingerprint density at radius 3 is 2.37 bits per heavy atom. The molecule has 30 heavy (non-hydrogen) atoms. The van der Waals surface area contributed by atoms with Crippen LogP contribution < -0.4 is 5.32 Å². The molecule has 1 fully saturated rings. The maximum Gasteiger partial charge on any atom is 0.251 e. The van der Waals surface area contributed by atoms with Crippen molar-refractivity contribution >= 4 is 17.7 Å². The van der Waals surface area contributed by atoms with Gasteiger partial charge in [-0.3, -0.25) is 19.3 Å². The van der Waals surface area contributed by atoms with Gasteiger partial charge in [-0.2, -0.15) is 4.68 Å². The zero-order valence-electron chi connectivity index (χ0n) is 16.2. The fraction of sp³-hybridized carbons (Fsp3) is 0.238. The maximum absolute atomic E-state index is 12.4. The van der Waals surface area contributed by atoms with E-state index in [1.807, 2.05) is 30.3 Å². The topological polar surface area (TPSA) is 110 Å². The van der Waals surface area contributed by atoms with Gasteiger partial charge in [-0.1, -0.05) is 30.3 Å². The molecule has 0 atom stereocenters. The molecule has 1 aromatic heterocycles. The summed E-state index contributed by atoms with van der Waals surface area (Å²) >= 11 is 0. The number of benzene rings is 2. The molecule has 0 spiro atoms. The van der Waals surface area contributed by atoms with Crippen LogP contribution in [0.25, 0.3) is 5.69 Å². The van der Waals surface area contributed by atoms with E-state index in [1.165, 1.54) is 4.90 Å². The normalized spacial score (nSPS) is 13.7. The fourth-order valence-corrected chi connectivity index (χ4v) is 3.26. The van der Waals surface area contributed by atoms with E-state index in [4.69, 9.17) is 0 Å². The minimum Gasteiger partial charge on any atom is -0.352 e. The van der Waals surface area contributed by atoms with Crippen molar-refractivity contribution in [3.05, 3.63) is 71.5 Å². The Morgan fingerprint density at radius 1 is 0.967 bits per heavy atom. The van der Waals surface area contributed by atoms with Crippen molar-refractivity contribution in [3.63, 3.8) is 0 Å². The number of carbonyl (C=O) groups is 3. The van der Waals surface area contributed by atoms with Gasteiger partial charge in [-0.25, -0.2) is 0 Å². The van der Waals surface area contributed by atoms with Crippen molar-refractivity contribution in [1.82, 2.24) is 30.4 Å². The predicted molar refractivity (Wildman–Crippen MR) is 106 cm³/mol. The fourth-order valence-electron chi connectivity index (χ4n) is 3.26. The van der Waals surface area contributed by atoms with Crippen molar-refractivity contribution in [1.29, 1.82) is 0 Å². The third-order valence-electron chi connectivity index (χ3n) is 4.88. The Bertz CT molecular complexity index is 1050. The maximum atomic E-state index is 12.4. The molecule has 9 nitrogen and oxygen atoms in total. The molecule has 1 saturated heterocycles. The average Bonchev–Trinajstić information content (AvgIpc) is 3.37. The standard InChI is InChI=1S/C21H20N6O3/c28-19-10-11-20(29)26(19)14-15-6-8-16(9-7-15)21(30)22-13-12-18-23-24-25-27(18)17-4-2-1-3-5-17/h1-9H,10-14H2,(H,22,30). The highest BCUT2D eigenvalue weighted by atomic mass is 16.2. The molecule has 0 unspecified atom stereocenters. The molecule has 2 heterocycles. The first kappa shape index (κ1) is 19.4. The van der Waals surface area contributed by atoms with Gasteiger partial charge in [-0.05, 0) is 40.3 Å². The number of hydrogen-bond acceptors (Lipinski definition) is 6. The number of carbonyl (C=O) groups excluding carboxylic acids is 3. The van der Waals surface area contributed by atoms with Crippen molar-refractivity contribution < 1.29 is 14.4 Å². The highest BCUT2D eigenvalue weighted by Gasteiger charge is 2.28. The first-order valence-electron chi connectivity index (χ1n) is 9.65. The number of tetrazole rings is 1. The SMILES string of the molecule is O=C(NCCc1nnnn1-c1ccccc1)c1ccc(CN2C(=O)CCC2=O)cc1. The summed E-state index contributed by atoms with van der Waals surface area (Å²) < 4.78 is 1.64. The van der Waals surface area contributed by atoms with Crippen LogP contribution in [0.3, 0.4) is 0 Å². The molecule has 4 rings (SSSR count). The third kappa shape index (κ3) is 4.24. The molecule has 1 aliphatic heterocycles. The minimum absolute atomic E-state index is 0.153. The number of nitrogens with one attached hydrogen (secondary N) is 1. The molecule has 1 N–H and O–H groups in total. The Balaban J connectivity index is 1.31. The van der Waals surface area contributed by atoms with E-state index in [9.17, 15) is 14.4 Å². The van der Waals surface area contributed by atoms with E-state index in [1.54, 1.807) is 28.9 Å². The predicted octanol–water partition coefficient (Wildman–Crippen LogP) is 1.28. The van der Waals surface area contributed by atoms with E-state index < -0.39 is 0 Å². The van der Waals surface area contributed by atoms with Crippen molar-refractivity contribution in [3.8, 4) is 5.69 Å². The lowest BCUT2D eigenvalue weighted by molar-refractivity contribution is -0.139. The number of hydrogen-bond donors (Lipinski definition) is 1. The summed E-state index contributed by atoms with van der Waals surface area (Å²) in [6, 6.07) is 16.4. The quantitative estimate of drug-likeness (QED) is 0.594. The molecule has 152 valence electrons. The molecular weight excluding hydrogens is 384 g/mol. The van der Waals surface area contributed by atoms with Crippen LogP contribution in [0.1, 0.15) is 34.6 Å². The zero-order chi connectivity index (χ0) is 20.9. The summed E-state index contributed by atoms with van der Waals surface area (Å²) in [5.74, 6) is 0.129. The van der Waals surface area contributed by atoms with E-state index in [0.29, 0.717) is 24.4 Å². The minimum atomic E-state index is -0.214. The number of imide groups is 1. The van der Waals surface area contributed by atoms with Crippen LogP contribution in [0, 0.1) is 0 Å². The van der Waals surface area contributed by atoms with Gasteiger partial charge in [0.2, 0.25) is 11.8 Å². The first-order chi connectivity index (χ1) is 14.6. The van der Waals surface area contributed by atoms with Crippen molar-refractivity contribution in [2.45, 2.75) is 25.8 Å². The average molecular weight is 404 g/mol. The van der Waals surface area contributed by atoms with E-state index in [0.717, 1.165) is 11.3 Å². The van der Waals surface area contributed by atoms with Crippen LogP contribution in [0.5, 0.6) is 0 Å². The number of rotatable bonds is 7. The monoisotopic (exact) mass is 404 g/mol. The summed E-state index contributed by atoms with van der Waals surface area (Å²) in [5, 5.41) is 14.6. The Labute approximate surface area is 172 Å². The summed E-state index contributed by atoms with van der Waals surface area (Å²) in [7, 11) is 0. The van der Waals surface area contributed by atoms with Crippen molar-refractivity contribution in [2.75, 3.05) is 6.54 Å². The molecule has 3 aromatic rings. The lowest BCUT2D eigenvalue weighted by Gasteiger charge is -2.14. The van der Waals surface area contributed by atoms with Gasteiger partial charge >= 0.3 is 0 Å². The number of amides is 3. The third-order valence-corrected chi connectivity index (χ3v) is 4.88. The van der Waals surface area contributed by atoms with Crippen LogP contribution in [0.4, 0.5) is 0 Å². The molecule has 0 saturated carbocycles. The molecule has 0 bridgehead atoms. The summed E-state index contributed by atoms with van der Waals surface area (Å²) in [5.41, 5.74) is 2.16. The second kappa shape index (κ2) is 8.64. The first-order valence-corrected chi connectivity index (χ1v) is 9.65. The summed E-state index contributed by atoms with van der Waals surface area (Å²) in [6.07, 6.45) is 1.02. The lowest BCUT2D eigenvalue weighted by Crippen LogP contribution is -2.28. The Kier molecular flexibility index (Phi) is 5.60. The highest BCUT2D eigenvalue weighted by molar-refractivity contribution is 6.01. The van der Waals surface area contributed by atoms with E-state index >= 15 is 0 Å². The molecule has 0 radical (unpaired) electrons. The van der Waals surface area contributed by atoms with Crippen LogP contribution >= 0.6 is 0 Å². The number of nitrogens with zero attached hydrogens (tertiary/aromatic N) is 5. The van der Waals surface area contributed by atoms with Gasteiger partial charge in [0.05, 0.1) is 12.2 Å². The second-order valence-electron chi connectivity index (χ2n) is 6.92. The van der Waals surface area contributed by atoms with E-state index in [-0.39, 0.29) is 37.1 Å². The lowest BCUT2D eigenvalue weighted by atomic mass is 10.1. The molecule has 1 aliphatic rings. The van der Waals surface area contributed by atoms with Gasteiger partial charge in [0.1, 0.15) is 0 Å². The summed E-state index contributed by atoms with van der Waals surface area (Å²) in [6.45, 7) is 0.617. The Morgan fingerprint density at radius 2 is 1.67 bits per heavy atom. The van der Waals surface area contributed by atoms with Crippen molar-refractivity contribution in [2.24, 2.45) is 0 Å². The van der Waals surface area contributed by atoms with E-state index in [2.05, 4.69) is 20.8 Å². The van der Waals surface area contributed by atoms with Crippen LogP contribution in [0.15, 0.2) is 54.6 Å². The number of aromatic nitrogens is 4. The second-order valence-corrected chi connectivity index (χ2v) is 6.92. The number of likely N-dealkylation sites (tertiary alicyclic amines) is 1. The molecule has 0 aliphatic carbocycles. The summed E-state index contributed by atoms with van der Waals surface area (Å²) in [4.78, 5) is 37.1. The molecular formula is C21H20N6O3. The van der Waals surface area contributed by atoms with Gasteiger partial charge in [-0.15, -0.1) is 5.10 Å². The molecule has 2 aromatic carbocycles. The molecule has 9 heteroatoms. The largest absolute Gasteiger partial charge is 0.352 e. The van der Waals surface area contributed by atoms with Crippen LogP contribution in [-0.2, 0) is 22.6 Å². The zero-order valence-corrected chi connectivity index (χ0v) is 16.2. The smallest absolute Gasteiger partial charge is 0.251 e.